The molecule has 6 nitrogen and oxygen atoms in total. The van der Waals surface area contributed by atoms with Gasteiger partial charge in [0.05, 0.1) is 5.56 Å². The molecule has 0 radical (unpaired) electrons. The number of benzene rings is 1. The third-order valence-electron chi connectivity index (χ3n) is 2.41. The zero-order chi connectivity index (χ0) is 13.7. The van der Waals surface area contributed by atoms with Crippen LogP contribution in [0.25, 0.3) is 0 Å². The Balaban J connectivity index is 2.83. The van der Waals surface area contributed by atoms with Crippen LogP contribution in [0.2, 0.25) is 0 Å². The zero-order valence-corrected chi connectivity index (χ0v) is 9.88. The van der Waals surface area contributed by atoms with Crippen molar-refractivity contribution in [2.45, 2.75) is 25.8 Å². The SMILES string of the molecule is CCC[C@@H](NC(=O)c1ccc(O)cc1O)C(=O)O. The van der Waals surface area contributed by atoms with Crippen LogP contribution in [0.3, 0.4) is 0 Å². The number of carboxylic acid groups (broad SMARTS) is 1. The van der Waals surface area contributed by atoms with Crippen molar-refractivity contribution in [3.05, 3.63) is 23.8 Å². The van der Waals surface area contributed by atoms with Crippen LogP contribution >= 0.6 is 0 Å². The molecular weight excluding hydrogens is 238 g/mol. The van der Waals surface area contributed by atoms with Crippen molar-refractivity contribution in [3.8, 4) is 11.5 Å². The predicted molar refractivity (Wildman–Crippen MR) is 63.6 cm³/mol. The van der Waals surface area contributed by atoms with Gasteiger partial charge in [0.1, 0.15) is 17.5 Å². The topological polar surface area (TPSA) is 107 Å². The van der Waals surface area contributed by atoms with Crippen molar-refractivity contribution < 1.29 is 24.9 Å². The van der Waals surface area contributed by atoms with Gasteiger partial charge in [0.25, 0.3) is 5.91 Å². The molecule has 0 saturated carbocycles. The summed E-state index contributed by atoms with van der Waals surface area (Å²) in [6.07, 6.45) is 0.915. The van der Waals surface area contributed by atoms with Crippen LogP contribution in [-0.4, -0.2) is 33.2 Å². The average Bonchev–Trinajstić information content (AvgIpc) is 2.27. The summed E-state index contributed by atoms with van der Waals surface area (Å²) >= 11 is 0. The molecule has 1 aromatic carbocycles. The standard InChI is InChI=1S/C12H15NO5/c1-2-3-9(12(17)18)13-11(16)8-5-4-7(14)6-10(8)15/h4-6,9,14-15H,2-3H2,1H3,(H,13,16)(H,17,18)/t9-/m1/s1. The minimum Gasteiger partial charge on any atom is -0.508 e. The summed E-state index contributed by atoms with van der Waals surface area (Å²) in [5.74, 6) is -2.38. The molecule has 0 saturated heterocycles. The summed E-state index contributed by atoms with van der Waals surface area (Å²) in [5.41, 5.74) is -0.0739. The van der Waals surface area contributed by atoms with Gasteiger partial charge in [-0.2, -0.15) is 0 Å². The van der Waals surface area contributed by atoms with E-state index in [2.05, 4.69) is 5.32 Å². The number of phenols is 2. The summed E-state index contributed by atoms with van der Waals surface area (Å²) in [5, 5.41) is 29.8. The lowest BCUT2D eigenvalue weighted by Gasteiger charge is -2.14. The number of aromatic hydroxyl groups is 2. The first kappa shape index (κ1) is 13.8. The van der Waals surface area contributed by atoms with Gasteiger partial charge >= 0.3 is 5.97 Å². The lowest BCUT2D eigenvalue weighted by atomic mass is 10.1. The Kier molecular flexibility index (Phi) is 4.53. The molecular formula is C12H15NO5. The molecule has 4 N–H and O–H groups in total. The van der Waals surface area contributed by atoms with Gasteiger partial charge in [-0.3, -0.25) is 4.79 Å². The number of carbonyl (C=O) groups is 2. The average molecular weight is 253 g/mol. The molecule has 0 aliphatic heterocycles. The van der Waals surface area contributed by atoms with E-state index < -0.39 is 23.7 Å². The van der Waals surface area contributed by atoms with Crippen LogP contribution in [0.15, 0.2) is 18.2 Å². The molecule has 0 unspecified atom stereocenters. The maximum Gasteiger partial charge on any atom is 0.326 e. The fourth-order valence-corrected chi connectivity index (χ4v) is 1.49. The fraction of sp³-hybridized carbons (Fsp3) is 0.333. The normalized spacial score (nSPS) is 11.8. The molecule has 1 rings (SSSR count). The van der Waals surface area contributed by atoms with Gasteiger partial charge in [-0.05, 0) is 18.6 Å². The van der Waals surface area contributed by atoms with Gasteiger partial charge in [0, 0.05) is 6.07 Å². The second kappa shape index (κ2) is 5.90. The summed E-state index contributed by atoms with van der Waals surface area (Å²) in [7, 11) is 0. The number of nitrogens with one attached hydrogen (secondary N) is 1. The highest BCUT2D eigenvalue weighted by Crippen LogP contribution is 2.22. The number of phenolic OH excluding ortho intramolecular Hbond substituents is 2. The molecule has 0 spiro atoms. The third-order valence-corrected chi connectivity index (χ3v) is 2.41. The van der Waals surface area contributed by atoms with E-state index in [1.54, 1.807) is 6.92 Å². The van der Waals surface area contributed by atoms with E-state index in [1.807, 2.05) is 0 Å². The number of hydrogen-bond acceptors (Lipinski definition) is 4. The molecule has 18 heavy (non-hydrogen) atoms. The second-order valence-corrected chi connectivity index (χ2v) is 3.85. The van der Waals surface area contributed by atoms with Gasteiger partial charge in [0.15, 0.2) is 0 Å². The number of aliphatic carboxylic acids is 1. The smallest absolute Gasteiger partial charge is 0.326 e. The minimum absolute atomic E-state index is 0.0739. The van der Waals surface area contributed by atoms with E-state index in [9.17, 15) is 14.7 Å². The molecule has 1 atom stereocenters. The molecule has 0 aliphatic rings. The molecule has 0 aliphatic carbocycles. The maximum absolute atomic E-state index is 11.8. The predicted octanol–water partition coefficient (Wildman–Crippen LogP) is 1.08. The lowest BCUT2D eigenvalue weighted by molar-refractivity contribution is -0.139. The van der Waals surface area contributed by atoms with Gasteiger partial charge in [-0.15, -0.1) is 0 Å². The van der Waals surface area contributed by atoms with E-state index in [1.165, 1.54) is 12.1 Å². The number of carbonyl (C=O) groups excluding carboxylic acids is 1. The highest BCUT2D eigenvalue weighted by Gasteiger charge is 2.21. The van der Waals surface area contributed by atoms with Crippen LogP contribution < -0.4 is 5.32 Å². The Morgan fingerprint density at radius 2 is 2.00 bits per heavy atom. The van der Waals surface area contributed by atoms with Gasteiger partial charge in [0.2, 0.25) is 0 Å². The van der Waals surface area contributed by atoms with Crippen molar-refractivity contribution in [2.75, 3.05) is 0 Å². The van der Waals surface area contributed by atoms with Crippen molar-refractivity contribution >= 4 is 11.9 Å². The molecule has 98 valence electrons. The fourth-order valence-electron chi connectivity index (χ4n) is 1.49. The Morgan fingerprint density at radius 3 is 2.50 bits per heavy atom. The molecule has 0 heterocycles. The first-order chi connectivity index (χ1) is 8.45. The van der Waals surface area contributed by atoms with E-state index >= 15 is 0 Å². The molecule has 1 aromatic rings. The third kappa shape index (κ3) is 3.38. The first-order valence-corrected chi connectivity index (χ1v) is 5.51. The molecule has 6 heteroatoms. The van der Waals surface area contributed by atoms with Crippen LogP contribution in [0.4, 0.5) is 0 Å². The molecule has 1 amide bonds. The van der Waals surface area contributed by atoms with Crippen molar-refractivity contribution in [3.63, 3.8) is 0 Å². The number of rotatable bonds is 5. The number of hydrogen-bond donors (Lipinski definition) is 4. The lowest BCUT2D eigenvalue weighted by Crippen LogP contribution is -2.40. The summed E-state index contributed by atoms with van der Waals surface area (Å²) in [6, 6.07) is 2.50. The van der Waals surface area contributed by atoms with Crippen molar-refractivity contribution in [1.82, 2.24) is 5.32 Å². The highest BCUT2D eigenvalue weighted by atomic mass is 16.4. The first-order valence-electron chi connectivity index (χ1n) is 5.51. The van der Waals surface area contributed by atoms with Crippen LogP contribution in [-0.2, 0) is 4.79 Å². The highest BCUT2D eigenvalue weighted by molar-refractivity contribution is 5.98. The van der Waals surface area contributed by atoms with Crippen LogP contribution in [0, 0.1) is 0 Å². The maximum atomic E-state index is 11.8. The van der Waals surface area contributed by atoms with Gasteiger partial charge in [-0.25, -0.2) is 4.79 Å². The monoisotopic (exact) mass is 253 g/mol. The minimum atomic E-state index is -1.12. The molecule has 0 aromatic heterocycles. The quantitative estimate of drug-likeness (QED) is 0.628. The molecule has 0 bridgehead atoms. The van der Waals surface area contributed by atoms with Gasteiger partial charge < -0.3 is 20.6 Å². The van der Waals surface area contributed by atoms with Crippen LogP contribution in [0.5, 0.6) is 11.5 Å². The number of amides is 1. The van der Waals surface area contributed by atoms with Crippen LogP contribution in [0.1, 0.15) is 30.1 Å². The van der Waals surface area contributed by atoms with Crippen molar-refractivity contribution in [2.24, 2.45) is 0 Å². The Morgan fingerprint density at radius 1 is 1.33 bits per heavy atom. The van der Waals surface area contributed by atoms with E-state index in [0.717, 1.165) is 6.07 Å². The Hall–Kier alpha value is -2.24. The largest absolute Gasteiger partial charge is 0.508 e. The number of carboxylic acids is 1. The second-order valence-electron chi connectivity index (χ2n) is 3.85. The summed E-state index contributed by atoms with van der Waals surface area (Å²) in [4.78, 5) is 22.6. The van der Waals surface area contributed by atoms with Gasteiger partial charge in [-0.1, -0.05) is 13.3 Å². The van der Waals surface area contributed by atoms with Crippen molar-refractivity contribution in [1.29, 1.82) is 0 Å². The summed E-state index contributed by atoms with van der Waals surface area (Å²) < 4.78 is 0. The van der Waals surface area contributed by atoms with E-state index in [4.69, 9.17) is 10.2 Å². The summed E-state index contributed by atoms with van der Waals surface area (Å²) in [6.45, 7) is 1.81. The molecule has 0 fully saturated rings. The van der Waals surface area contributed by atoms with E-state index in [0.29, 0.717) is 12.8 Å². The van der Waals surface area contributed by atoms with E-state index in [-0.39, 0.29) is 11.3 Å². The zero-order valence-electron chi connectivity index (χ0n) is 9.88. The Bertz CT molecular complexity index is 458. The Labute approximate surface area is 104 Å².